The number of hydrogen-bond donors (Lipinski definition) is 1. The first-order valence-electron chi connectivity index (χ1n) is 5.72. The van der Waals surface area contributed by atoms with Crippen LogP contribution in [0.1, 0.15) is 33.1 Å². The first-order chi connectivity index (χ1) is 6.24. The molecule has 0 aromatic rings. The summed E-state index contributed by atoms with van der Waals surface area (Å²) in [5.74, 6) is 0.816. The molecule has 0 spiro atoms. The summed E-state index contributed by atoms with van der Waals surface area (Å²) < 4.78 is 0. The summed E-state index contributed by atoms with van der Waals surface area (Å²) >= 11 is 0. The normalized spacial score (nSPS) is 35.3. The predicted molar refractivity (Wildman–Crippen MR) is 55.8 cm³/mol. The topological polar surface area (TPSA) is 15.3 Å². The smallest absolute Gasteiger partial charge is 0.0198 e. The number of fused-ring (bicyclic) bond motifs is 2. The zero-order chi connectivity index (χ0) is 9.26. The molecule has 13 heavy (non-hydrogen) atoms. The molecule has 2 aliphatic rings. The first-order valence-corrected chi connectivity index (χ1v) is 5.72. The summed E-state index contributed by atoms with van der Waals surface area (Å²) in [5.41, 5.74) is 0. The van der Waals surface area contributed by atoms with Crippen LogP contribution in [0.5, 0.6) is 0 Å². The van der Waals surface area contributed by atoms with Crippen molar-refractivity contribution in [2.75, 3.05) is 19.6 Å². The summed E-state index contributed by atoms with van der Waals surface area (Å²) in [6, 6.07) is 1.63. The fourth-order valence-corrected chi connectivity index (χ4v) is 2.70. The quantitative estimate of drug-likeness (QED) is 0.695. The van der Waals surface area contributed by atoms with Crippen LogP contribution in [0.4, 0.5) is 0 Å². The molecule has 2 saturated heterocycles. The van der Waals surface area contributed by atoms with E-state index in [4.69, 9.17) is 0 Å². The lowest BCUT2D eigenvalue weighted by atomic mass is 10.1. The molecule has 1 N–H and O–H groups in total. The molecule has 2 atom stereocenters. The lowest BCUT2D eigenvalue weighted by molar-refractivity contribution is 0.232. The molecule has 2 nitrogen and oxygen atoms in total. The average Bonchev–Trinajstić information content (AvgIpc) is 2.36. The highest BCUT2D eigenvalue weighted by Crippen LogP contribution is 2.20. The second-order valence-electron chi connectivity index (χ2n) is 5.08. The Morgan fingerprint density at radius 1 is 1.23 bits per heavy atom. The lowest BCUT2D eigenvalue weighted by Crippen LogP contribution is -2.37. The number of likely N-dealkylation sites (tertiary alicyclic amines) is 1. The van der Waals surface area contributed by atoms with Crippen molar-refractivity contribution in [1.29, 1.82) is 0 Å². The Kier molecular flexibility index (Phi) is 2.89. The van der Waals surface area contributed by atoms with Crippen molar-refractivity contribution in [2.45, 2.75) is 45.2 Å². The van der Waals surface area contributed by atoms with Gasteiger partial charge in [-0.25, -0.2) is 0 Å². The third-order valence-corrected chi connectivity index (χ3v) is 3.23. The Morgan fingerprint density at radius 3 is 2.77 bits per heavy atom. The van der Waals surface area contributed by atoms with Gasteiger partial charge in [0.25, 0.3) is 0 Å². The maximum absolute atomic E-state index is 3.71. The zero-order valence-electron chi connectivity index (χ0n) is 8.92. The minimum Gasteiger partial charge on any atom is -0.310 e. The molecular formula is C11H22N2. The van der Waals surface area contributed by atoms with Crippen LogP contribution in [-0.4, -0.2) is 36.6 Å². The van der Waals surface area contributed by atoms with Crippen molar-refractivity contribution in [3.63, 3.8) is 0 Å². The molecule has 0 aromatic carbocycles. The van der Waals surface area contributed by atoms with Gasteiger partial charge in [0, 0.05) is 25.2 Å². The second-order valence-corrected chi connectivity index (χ2v) is 5.08. The van der Waals surface area contributed by atoms with Crippen molar-refractivity contribution >= 4 is 0 Å². The molecule has 0 aliphatic carbocycles. The van der Waals surface area contributed by atoms with Gasteiger partial charge >= 0.3 is 0 Å². The monoisotopic (exact) mass is 182 g/mol. The average molecular weight is 182 g/mol. The van der Waals surface area contributed by atoms with E-state index in [1.807, 2.05) is 0 Å². The van der Waals surface area contributed by atoms with E-state index in [0.717, 1.165) is 18.0 Å². The largest absolute Gasteiger partial charge is 0.310 e. The van der Waals surface area contributed by atoms with E-state index >= 15 is 0 Å². The Hall–Kier alpha value is -0.0800. The molecule has 2 aliphatic heterocycles. The molecule has 2 fully saturated rings. The first kappa shape index (κ1) is 9.47. The Labute approximate surface area is 81.7 Å². The van der Waals surface area contributed by atoms with Crippen LogP contribution in [0.15, 0.2) is 0 Å². The summed E-state index contributed by atoms with van der Waals surface area (Å²) in [4.78, 5) is 2.64. The molecule has 76 valence electrons. The standard InChI is InChI=1S/C11H22N2/c1-9(2)7-13-6-5-10-3-4-11(8-13)12-10/h9-12H,3-8H2,1-2H3. The van der Waals surface area contributed by atoms with Gasteiger partial charge in [-0.1, -0.05) is 13.8 Å². The van der Waals surface area contributed by atoms with Crippen molar-refractivity contribution in [3.8, 4) is 0 Å². The van der Waals surface area contributed by atoms with E-state index in [-0.39, 0.29) is 0 Å². The van der Waals surface area contributed by atoms with E-state index in [0.29, 0.717) is 0 Å². The van der Waals surface area contributed by atoms with Crippen LogP contribution < -0.4 is 5.32 Å². The van der Waals surface area contributed by atoms with Gasteiger partial charge in [0.05, 0.1) is 0 Å². The molecular weight excluding hydrogens is 160 g/mol. The van der Waals surface area contributed by atoms with Gasteiger partial charge < -0.3 is 10.2 Å². The van der Waals surface area contributed by atoms with E-state index in [9.17, 15) is 0 Å². The van der Waals surface area contributed by atoms with Crippen LogP contribution in [0, 0.1) is 5.92 Å². The highest BCUT2D eigenvalue weighted by Gasteiger charge is 2.28. The molecule has 0 aromatic heterocycles. The highest BCUT2D eigenvalue weighted by atomic mass is 15.2. The van der Waals surface area contributed by atoms with Gasteiger partial charge in [-0.2, -0.15) is 0 Å². The van der Waals surface area contributed by atoms with Gasteiger partial charge in [0.15, 0.2) is 0 Å². The van der Waals surface area contributed by atoms with E-state index in [2.05, 4.69) is 24.1 Å². The van der Waals surface area contributed by atoms with Crippen LogP contribution in [0.3, 0.4) is 0 Å². The van der Waals surface area contributed by atoms with Crippen LogP contribution in [0.25, 0.3) is 0 Å². The van der Waals surface area contributed by atoms with Crippen molar-refractivity contribution in [1.82, 2.24) is 10.2 Å². The summed E-state index contributed by atoms with van der Waals surface area (Å²) in [6.45, 7) is 8.51. The third kappa shape index (κ3) is 2.44. The van der Waals surface area contributed by atoms with Gasteiger partial charge in [-0.3, -0.25) is 0 Å². The lowest BCUT2D eigenvalue weighted by Gasteiger charge is -2.25. The van der Waals surface area contributed by atoms with Crippen LogP contribution in [0.2, 0.25) is 0 Å². The predicted octanol–water partition coefficient (Wildman–Crippen LogP) is 1.47. The van der Waals surface area contributed by atoms with E-state index < -0.39 is 0 Å². The maximum Gasteiger partial charge on any atom is 0.0198 e. The van der Waals surface area contributed by atoms with Gasteiger partial charge in [0.2, 0.25) is 0 Å². The Morgan fingerprint density at radius 2 is 2.00 bits per heavy atom. The number of nitrogens with zero attached hydrogens (tertiary/aromatic N) is 1. The molecule has 2 bridgehead atoms. The summed E-state index contributed by atoms with van der Waals surface area (Å²) in [7, 11) is 0. The molecule has 2 heteroatoms. The minimum atomic E-state index is 0.797. The van der Waals surface area contributed by atoms with Crippen molar-refractivity contribution in [3.05, 3.63) is 0 Å². The van der Waals surface area contributed by atoms with Gasteiger partial charge in [-0.05, 0) is 31.7 Å². The van der Waals surface area contributed by atoms with Crippen LogP contribution in [-0.2, 0) is 0 Å². The van der Waals surface area contributed by atoms with E-state index in [1.165, 1.54) is 38.9 Å². The highest BCUT2D eigenvalue weighted by molar-refractivity contribution is 4.89. The molecule has 0 radical (unpaired) electrons. The molecule has 2 unspecified atom stereocenters. The van der Waals surface area contributed by atoms with Crippen molar-refractivity contribution in [2.24, 2.45) is 5.92 Å². The minimum absolute atomic E-state index is 0.797. The Bertz CT molecular complexity index is 167. The fourth-order valence-electron chi connectivity index (χ4n) is 2.70. The molecule has 2 heterocycles. The zero-order valence-corrected chi connectivity index (χ0v) is 8.92. The SMILES string of the molecule is CC(C)CN1CCC2CCC(C1)N2. The van der Waals surface area contributed by atoms with E-state index in [1.54, 1.807) is 0 Å². The number of rotatable bonds is 2. The van der Waals surface area contributed by atoms with Crippen molar-refractivity contribution < 1.29 is 0 Å². The Balaban J connectivity index is 1.86. The molecule has 2 rings (SSSR count). The fraction of sp³-hybridized carbons (Fsp3) is 1.00. The maximum atomic E-state index is 3.71. The summed E-state index contributed by atoms with van der Waals surface area (Å²) in [5, 5.41) is 3.71. The van der Waals surface area contributed by atoms with Gasteiger partial charge in [-0.15, -0.1) is 0 Å². The number of nitrogens with one attached hydrogen (secondary N) is 1. The molecule has 0 amide bonds. The number of hydrogen-bond acceptors (Lipinski definition) is 2. The third-order valence-electron chi connectivity index (χ3n) is 3.23. The molecule has 0 saturated carbocycles. The van der Waals surface area contributed by atoms with Crippen LogP contribution >= 0.6 is 0 Å². The van der Waals surface area contributed by atoms with Gasteiger partial charge in [0.1, 0.15) is 0 Å². The summed E-state index contributed by atoms with van der Waals surface area (Å²) in [6.07, 6.45) is 4.18. The second kappa shape index (κ2) is 3.97.